The van der Waals surface area contributed by atoms with Crippen LogP contribution in [0.1, 0.15) is 40.7 Å². The number of hydroxylamine groups is 2. The molecule has 0 unspecified atom stereocenters. The third-order valence-electron chi connectivity index (χ3n) is 4.41. The van der Waals surface area contributed by atoms with Crippen LogP contribution in [0.5, 0.6) is 0 Å². The highest BCUT2D eigenvalue weighted by atomic mass is 35.5. The Morgan fingerprint density at radius 1 is 1.04 bits per heavy atom. The lowest BCUT2D eigenvalue weighted by atomic mass is 9.85. The molecule has 2 aromatic rings. The number of carbonyl (C=O) groups is 2. The quantitative estimate of drug-likeness (QED) is 0.378. The van der Waals surface area contributed by atoms with E-state index in [0.717, 1.165) is 11.1 Å². The number of hydrogen-bond donors (Lipinski definition) is 4. The summed E-state index contributed by atoms with van der Waals surface area (Å²) in [6.07, 6.45) is 0.0402. The maximum atomic E-state index is 11.8. The van der Waals surface area contributed by atoms with Gasteiger partial charge >= 0.3 is 0 Å². The standard InChI is InChI=1S/C20H23ClN2O5/c1-2-28-18(12-19(24)22-26)17(11-13-3-9-16(21)10-4-13)14-5-7-15(8-6-14)20(25)23-27/h3-10,17-18,26-27H,2,11-12H2,1H3,(H,22,24)(H,23,25)/t17-,18-/m1/s1. The van der Waals surface area contributed by atoms with Crippen LogP contribution >= 0.6 is 11.6 Å². The number of amides is 2. The van der Waals surface area contributed by atoms with Gasteiger partial charge in [0.2, 0.25) is 5.91 Å². The molecule has 0 bridgehead atoms. The predicted octanol–water partition coefficient (Wildman–Crippen LogP) is 3.09. The van der Waals surface area contributed by atoms with Crippen LogP contribution in [-0.4, -0.2) is 34.9 Å². The van der Waals surface area contributed by atoms with Gasteiger partial charge in [-0.15, -0.1) is 0 Å². The Hall–Kier alpha value is -2.45. The molecule has 2 rings (SSSR count). The van der Waals surface area contributed by atoms with Crippen LogP contribution in [0.25, 0.3) is 0 Å². The molecular weight excluding hydrogens is 384 g/mol. The van der Waals surface area contributed by atoms with Gasteiger partial charge in [-0.05, 0) is 48.7 Å². The number of rotatable bonds is 9. The van der Waals surface area contributed by atoms with E-state index in [1.54, 1.807) is 47.4 Å². The van der Waals surface area contributed by atoms with E-state index in [2.05, 4.69) is 0 Å². The summed E-state index contributed by atoms with van der Waals surface area (Å²) in [4.78, 5) is 23.3. The topological polar surface area (TPSA) is 108 Å². The van der Waals surface area contributed by atoms with Gasteiger partial charge in [0.1, 0.15) is 0 Å². The zero-order valence-electron chi connectivity index (χ0n) is 15.4. The van der Waals surface area contributed by atoms with E-state index in [-0.39, 0.29) is 12.3 Å². The smallest absolute Gasteiger partial charge is 0.274 e. The summed E-state index contributed by atoms with van der Waals surface area (Å²) < 4.78 is 5.81. The molecule has 0 heterocycles. The summed E-state index contributed by atoms with van der Waals surface area (Å²) in [5.74, 6) is -1.37. The molecule has 0 fully saturated rings. The molecule has 0 aromatic heterocycles. The Morgan fingerprint density at radius 2 is 1.68 bits per heavy atom. The summed E-state index contributed by atoms with van der Waals surface area (Å²) >= 11 is 5.96. The normalized spacial score (nSPS) is 12.9. The zero-order chi connectivity index (χ0) is 20.5. The summed E-state index contributed by atoms with van der Waals surface area (Å²) in [5, 5.41) is 18.3. The minimum atomic E-state index is -0.609. The van der Waals surface area contributed by atoms with Crippen LogP contribution in [0.2, 0.25) is 5.02 Å². The van der Waals surface area contributed by atoms with Gasteiger partial charge < -0.3 is 4.74 Å². The molecule has 2 atom stereocenters. The van der Waals surface area contributed by atoms with Gasteiger partial charge in [-0.2, -0.15) is 0 Å². The molecule has 0 radical (unpaired) electrons. The first-order valence-electron chi connectivity index (χ1n) is 8.81. The summed E-state index contributed by atoms with van der Waals surface area (Å²) in [6, 6.07) is 14.1. The third kappa shape index (κ3) is 6.03. The van der Waals surface area contributed by atoms with Crippen LogP contribution in [0.15, 0.2) is 48.5 Å². The molecule has 2 amide bonds. The molecule has 0 spiro atoms. The molecule has 2 aromatic carbocycles. The van der Waals surface area contributed by atoms with Crippen molar-refractivity contribution in [3.63, 3.8) is 0 Å². The van der Waals surface area contributed by atoms with Gasteiger partial charge in [-0.25, -0.2) is 11.0 Å². The second-order valence-corrected chi connectivity index (χ2v) is 6.67. The van der Waals surface area contributed by atoms with Crippen molar-refractivity contribution >= 4 is 23.4 Å². The minimum absolute atomic E-state index is 0.0263. The van der Waals surface area contributed by atoms with Crippen molar-refractivity contribution in [1.82, 2.24) is 11.0 Å². The number of halogens is 1. The second kappa shape index (κ2) is 10.8. The fourth-order valence-electron chi connectivity index (χ4n) is 3.04. The average Bonchev–Trinajstić information content (AvgIpc) is 2.72. The van der Waals surface area contributed by atoms with Crippen molar-refractivity contribution in [2.24, 2.45) is 0 Å². The monoisotopic (exact) mass is 406 g/mol. The number of benzene rings is 2. The number of nitrogens with one attached hydrogen (secondary N) is 2. The van der Waals surface area contributed by atoms with E-state index < -0.39 is 17.9 Å². The molecule has 7 nitrogen and oxygen atoms in total. The zero-order valence-corrected chi connectivity index (χ0v) is 16.1. The Labute approximate surface area is 168 Å². The summed E-state index contributed by atoms with van der Waals surface area (Å²) in [5.41, 5.74) is 5.40. The molecule has 150 valence electrons. The maximum Gasteiger partial charge on any atom is 0.274 e. The van der Waals surface area contributed by atoms with E-state index in [0.29, 0.717) is 23.6 Å². The van der Waals surface area contributed by atoms with E-state index >= 15 is 0 Å². The highest BCUT2D eigenvalue weighted by molar-refractivity contribution is 6.30. The van der Waals surface area contributed by atoms with E-state index in [1.807, 2.05) is 19.1 Å². The van der Waals surface area contributed by atoms with E-state index in [9.17, 15) is 9.59 Å². The highest BCUT2D eigenvalue weighted by Crippen LogP contribution is 2.29. The average molecular weight is 407 g/mol. The van der Waals surface area contributed by atoms with Crippen LogP contribution in [0.3, 0.4) is 0 Å². The van der Waals surface area contributed by atoms with E-state index in [4.69, 9.17) is 26.8 Å². The Balaban J connectivity index is 2.36. The van der Waals surface area contributed by atoms with Gasteiger partial charge in [0.15, 0.2) is 0 Å². The van der Waals surface area contributed by atoms with Crippen molar-refractivity contribution in [2.45, 2.75) is 31.8 Å². The first kappa shape index (κ1) is 21.8. The fourth-order valence-corrected chi connectivity index (χ4v) is 3.17. The SMILES string of the molecule is CCO[C@H](CC(=O)NO)[C@H](Cc1ccc(Cl)cc1)c1ccc(C(=O)NO)cc1. The summed E-state index contributed by atoms with van der Waals surface area (Å²) in [7, 11) is 0. The van der Waals surface area contributed by atoms with Crippen LogP contribution in [-0.2, 0) is 16.0 Å². The lowest BCUT2D eigenvalue weighted by Crippen LogP contribution is -2.31. The Morgan fingerprint density at radius 3 is 2.21 bits per heavy atom. The lowest BCUT2D eigenvalue weighted by molar-refractivity contribution is -0.132. The maximum absolute atomic E-state index is 11.8. The van der Waals surface area contributed by atoms with Crippen molar-refractivity contribution in [3.8, 4) is 0 Å². The molecule has 0 aliphatic rings. The minimum Gasteiger partial charge on any atom is -0.377 e. The first-order chi connectivity index (χ1) is 13.5. The molecule has 4 N–H and O–H groups in total. The Bertz CT molecular complexity index is 780. The van der Waals surface area contributed by atoms with E-state index in [1.165, 1.54) is 0 Å². The number of carbonyl (C=O) groups excluding carboxylic acids is 2. The molecular formula is C20H23ClN2O5. The Kier molecular flexibility index (Phi) is 8.41. The summed E-state index contributed by atoms with van der Waals surface area (Å²) in [6.45, 7) is 2.23. The van der Waals surface area contributed by atoms with Crippen molar-refractivity contribution in [1.29, 1.82) is 0 Å². The number of ether oxygens (including phenoxy) is 1. The molecule has 0 aliphatic carbocycles. The number of hydrogen-bond acceptors (Lipinski definition) is 5. The van der Waals surface area contributed by atoms with Crippen LogP contribution in [0, 0.1) is 0 Å². The molecule has 28 heavy (non-hydrogen) atoms. The van der Waals surface area contributed by atoms with Crippen molar-refractivity contribution < 1.29 is 24.7 Å². The van der Waals surface area contributed by atoms with Gasteiger partial charge in [0, 0.05) is 23.1 Å². The fraction of sp³-hybridized carbons (Fsp3) is 0.300. The molecule has 8 heteroatoms. The first-order valence-corrected chi connectivity index (χ1v) is 9.19. The second-order valence-electron chi connectivity index (χ2n) is 6.23. The highest BCUT2D eigenvalue weighted by Gasteiger charge is 2.27. The molecule has 0 saturated carbocycles. The third-order valence-corrected chi connectivity index (χ3v) is 4.66. The van der Waals surface area contributed by atoms with Gasteiger partial charge in [0.05, 0.1) is 12.5 Å². The molecule has 0 saturated heterocycles. The van der Waals surface area contributed by atoms with Gasteiger partial charge in [0.25, 0.3) is 5.91 Å². The van der Waals surface area contributed by atoms with Crippen molar-refractivity contribution in [2.75, 3.05) is 6.61 Å². The molecule has 0 aliphatic heterocycles. The van der Waals surface area contributed by atoms with Crippen LogP contribution in [0.4, 0.5) is 0 Å². The largest absolute Gasteiger partial charge is 0.377 e. The van der Waals surface area contributed by atoms with Crippen LogP contribution < -0.4 is 11.0 Å². The van der Waals surface area contributed by atoms with Gasteiger partial charge in [-0.3, -0.25) is 20.0 Å². The predicted molar refractivity (Wildman–Crippen MR) is 104 cm³/mol. The van der Waals surface area contributed by atoms with Gasteiger partial charge in [-0.1, -0.05) is 35.9 Å². The van der Waals surface area contributed by atoms with Crippen molar-refractivity contribution in [3.05, 3.63) is 70.2 Å². The lowest BCUT2D eigenvalue weighted by Gasteiger charge is -2.27.